The van der Waals surface area contributed by atoms with Gasteiger partial charge in [0.15, 0.2) is 0 Å². The second-order valence-corrected chi connectivity index (χ2v) is 7.93. The van der Waals surface area contributed by atoms with Gasteiger partial charge in [-0.3, -0.25) is 9.59 Å². The summed E-state index contributed by atoms with van der Waals surface area (Å²) >= 11 is 0. The van der Waals surface area contributed by atoms with E-state index in [0.29, 0.717) is 5.69 Å². The summed E-state index contributed by atoms with van der Waals surface area (Å²) < 4.78 is 0. The number of hydrazine groups is 1. The number of aryl methyl sites for hydroxylation is 1. The van der Waals surface area contributed by atoms with Gasteiger partial charge in [0.1, 0.15) is 5.54 Å². The number of nitrogens with zero attached hydrogens (tertiary/aromatic N) is 3. The zero-order valence-electron chi connectivity index (χ0n) is 15.6. The van der Waals surface area contributed by atoms with Gasteiger partial charge in [-0.05, 0) is 38.0 Å². The highest BCUT2D eigenvalue weighted by molar-refractivity contribution is 6.25. The fourth-order valence-corrected chi connectivity index (χ4v) is 5.10. The third kappa shape index (κ3) is 2.12. The zero-order chi connectivity index (χ0) is 18.8. The van der Waals surface area contributed by atoms with Crippen LogP contribution in [0.4, 0.5) is 5.69 Å². The average molecular weight is 361 g/mol. The van der Waals surface area contributed by atoms with Gasteiger partial charge < -0.3 is 0 Å². The molecule has 138 valence electrons. The lowest BCUT2D eigenvalue weighted by molar-refractivity contribution is -0.131. The van der Waals surface area contributed by atoms with Crippen LogP contribution in [0.1, 0.15) is 30.5 Å². The van der Waals surface area contributed by atoms with Crippen molar-refractivity contribution in [1.82, 2.24) is 10.0 Å². The summed E-state index contributed by atoms with van der Waals surface area (Å²) in [5.74, 6) is -0.588. The SMILES string of the molecule is Cc1ccc(N2C(=O)[C@@H]3[C@H](c4ccccc4)N4CCCN4[C@]3(C)C2=O)cc1. The normalized spacial score (nSPS) is 30.8. The molecule has 5 heteroatoms. The molecule has 5 rings (SSSR count). The van der Waals surface area contributed by atoms with Crippen molar-refractivity contribution in [3.05, 3.63) is 65.7 Å². The van der Waals surface area contributed by atoms with Crippen LogP contribution in [0, 0.1) is 12.8 Å². The van der Waals surface area contributed by atoms with Crippen molar-refractivity contribution in [1.29, 1.82) is 0 Å². The number of hydrogen-bond acceptors (Lipinski definition) is 4. The second-order valence-electron chi connectivity index (χ2n) is 7.93. The molecule has 2 aromatic carbocycles. The molecule has 5 nitrogen and oxygen atoms in total. The summed E-state index contributed by atoms with van der Waals surface area (Å²) in [5.41, 5.74) is 2.06. The van der Waals surface area contributed by atoms with Crippen molar-refractivity contribution >= 4 is 17.5 Å². The van der Waals surface area contributed by atoms with Crippen LogP contribution < -0.4 is 4.90 Å². The minimum atomic E-state index is -0.820. The molecule has 0 spiro atoms. The minimum Gasteiger partial charge on any atom is -0.274 e. The van der Waals surface area contributed by atoms with Gasteiger partial charge in [-0.2, -0.15) is 0 Å². The number of imide groups is 1. The van der Waals surface area contributed by atoms with Crippen molar-refractivity contribution < 1.29 is 9.59 Å². The van der Waals surface area contributed by atoms with Crippen molar-refractivity contribution in [3.8, 4) is 0 Å². The van der Waals surface area contributed by atoms with Crippen LogP contribution in [0.3, 0.4) is 0 Å². The summed E-state index contributed by atoms with van der Waals surface area (Å²) in [6, 6.07) is 17.7. The smallest absolute Gasteiger partial charge is 0.256 e. The first-order valence-corrected chi connectivity index (χ1v) is 9.57. The zero-order valence-corrected chi connectivity index (χ0v) is 15.6. The number of carbonyl (C=O) groups is 2. The topological polar surface area (TPSA) is 43.9 Å². The Morgan fingerprint density at radius 2 is 1.67 bits per heavy atom. The highest BCUT2D eigenvalue weighted by Crippen LogP contribution is 2.54. The van der Waals surface area contributed by atoms with Crippen LogP contribution in [0.5, 0.6) is 0 Å². The van der Waals surface area contributed by atoms with Crippen LogP contribution in [0.15, 0.2) is 54.6 Å². The molecule has 2 amide bonds. The average Bonchev–Trinajstić information content (AvgIpc) is 3.30. The summed E-state index contributed by atoms with van der Waals surface area (Å²) in [7, 11) is 0. The fourth-order valence-electron chi connectivity index (χ4n) is 5.10. The number of rotatable bonds is 2. The third-order valence-electron chi connectivity index (χ3n) is 6.40. The molecule has 0 aliphatic carbocycles. The van der Waals surface area contributed by atoms with Crippen molar-refractivity contribution in [2.24, 2.45) is 5.92 Å². The lowest BCUT2D eigenvalue weighted by atomic mass is 9.81. The first-order chi connectivity index (χ1) is 13.0. The minimum absolute atomic E-state index is 0.0883. The quantitative estimate of drug-likeness (QED) is 0.772. The van der Waals surface area contributed by atoms with E-state index in [-0.39, 0.29) is 17.9 Å². The van der Waals surface area contributed by atoms with Crippen LogP contribution in [0.2, 0.25) is 0 Å². The molecule has 3 heterocycles. The van der Waals surface area contributed by atoms with E-state index in [1.54, 1.807) is 0 Å². The van der Waals surface area contributed by atoms with Crippen LogP contribution >= 0.6 is 0 Å². The van der Waals surface area contributed by atoms with E-state index in [9.17, 15) is 9.59 Å². The Bertz CT molecular complexity index is 911. The van der Waals surface area contributed by atoms with Gasteiger partial charge in [0.05, 0.1) is 17.6 Å². The lowest BCUT2D eigenvalue weighted by Gasteiger charge is -2.33. The van der Waals surface area contributed by atoms with E-state index in [1.165, 1.54) is 4.90 Å². The number of fused-ring (bicyclic) bond motifs is 3. The summed E-state index contributed by atoms with van der Waals surface area (Å²) in [6.07, 6.45) is 1.01. The Morgan fingerprint density at radius 1 is 0.963 bits per heavy atom. The van der Waals surface area contributed by atoms with Gasteiger partial charge in [-0.15, -0.1) is 0 Å². The number of hydrogen-bond donors (Lipinski definition) is 0. The largest absolute Gasteiger partial charge is 0.274 e. The van der Waals surface area contributed by atoms with Crippen LogP contribution in [-0.2, 0) is 9.59 Å². The lowest BCUT2D eigenvalue weighted by Crippen LogP contribution is -2.52. The van der Waals surface area contributed by atoms with Gasteiger partial charge in [0.25, 0.3) is 5.91 Å². The maximum Gasteiger partial charge on any atom is 0.256 e. The molecule has 0 radical (unpaired) electrons. The molecular weight excluding hydrogens is 338 g/mol. The van der Waals surface area contributed by atoms with Gasteiger partial charge in [0, 0.05) is 13.1 Å². The van der Waals surface area contributed by atoms with E-state index in [4.69, 9.17) is 0 Å². The standard InChI is InChI=1S/C22H23N3O2/c1-15-9-11-17(12-10-15)25-20(26)18-19(16-7-4-3-5-8-16)23-13-6-14-24(23)22(18,2)21(25)27/h3-5,7-12,18-19H,6,13-14H2,1-2H3/t18-,19-,22-/m0/s1. The van der Waals surface area contributed by atoms with Crippen LogP contribution in [-0.4, -0.2) is 40.5 Å². The van der Waals surface area contributed by atoms with E-state index in [2.05, 4.69) is 22.2 Å². The Morgan fingerprint density at radius 3 is 2.37 bits per heavy atom. The molecule has 3 aliphatic rings. The molecule has 27 heavy (non-hydrogen) atoms. The number of benzene rings is 2. The number of carbonyl (C=O) groups excluding carboxylic acids is 2. The highest BCUT2D eigenvalue weighted by atomic mass is 16.2. The third-order valence-corrected chi connectivity index (χ3v) is 6.40. The predicted molar refractivity (Wildman–Crippen MR) is 103 cm³/mol. The van der Waals surface area contributed by atoms with Crippen molar-refractivity contribution in [2.75, 3.05) is 18.0 Å². The molecule has 3 aliphatic heterocycles. The van der Waals surface area contributed by atoms with Crippen LogP contribution in [0.25, 0.3) is 0 Å². The monoisotopic (exact) mass is 361 g/mol. The molecule has 3 saturated heterocycles. The van der Waals surface area contributed by atoms with Crippen molar-refractivity contribution in [3.63, 3.8) is 0 Å². The Labute approximate surface area is 159 Å². The summed E-state index contributed by atoms with van der Waals surface area (Å²) in [5, 5.41) is 4.41. The van der Waals surface area contributed by atoms with Gasteiger partial charge in [0.2, 0.25) is 5.91 Å². The molecule has 0 saturated carbocycles. The van der Waals surface area contributed by atoms with E-state index in [0.717, 1.165) is 30.6 Å². The van der Waals surface area contributed by atoms with Crippen molar-refractivity contribution in [2.45, 2.75) is 31.8 Å². The highest BCUT2D eigenvalue weighted by Gasteiger charge is 2.70. The van der Waals surface area contributed by atoms with E-state index in [1.807, 2.05) is 56.3 Å². The maximum atomic E-state index is 13.6. The predicted octanol–water partition coefficient (Wildman–Crippen LogP) is 2.92. The number of amides is 2. The molecule has 2 aromatic rings. The van der Waals surface area contributed by atoms with E-state index >= 15 is 0 Å². The maximum absolute atomic E-state index is 13.6. The van der Waals surface area contributed by atoms with Gasteiger partial charge in [-0.25, -0.2) is 14.9 Å². The summed E-state index contributed by atoms with van der Waals surface area (Å²) in [4.78, 5) is 28.5. The van der Waals surface area contributed by atoms with E-state index < -0.39 is 11.5 Å². The second kappa shape index (κ2) is 5.75. The molecule has 0 N–H and O–H groups in total. The molecular formula is C22H23N3O2. The molecule has 3 fully saturated rings. The molecule has 0 unspecified atom stereocenters. The van der Waals surface area contributed by atoms with Gasteiger partial charge in [-0.1, -0.05) is 48.0 Å². The first kappa shape index (κ1) is 16.7. The van der Waals surface area contributed by atoms with Gasteiger partial charge >= 0.3 is 0 Å². The Kier molecular flexibility index (Phi) is 3.55. The summed E-state index contributed by atoms with van der Waals surface area (Å²) in [6.45, 7) is 5.65. The molecule has 0 bridgehead atoms. The fraction of sp³-hybridized carbons (Fsp3) is 0.364. The number of anilines is 1. The first-order valence-electron chi connectivity index (χ1n) is 9.57. The Balaban J connectivity index is 1.63. The Hall–Kier alpha value is -2.50. The molecule has 3 atom stereocenters. The molecule has 0 aromatic heterocycles.